The van der Waals surface area contributed by atoms with Crippen LogP contribution in [0.25, 0.3) is 11.3 Å². The maximum atomic E-state index is 12.9. The minimum Gasteiger partial charge on any atom is -0.444 e. The highest BCUT2D eigenvalue weighted by Gasteiger charge is 2.33. The number of piperidine rings is 2. The van der Waals surface area contributed by atoms with E-state index in [4.69, 9.17) is 26.8 Å². The van der Waals surface area contributed by atoms with Gasteiger partial charge in [0.2, 0.25) is 23.0 Å². The summed E-state index contributed by atoms with van der Waals surface area (Å²) in [6.45, 7) is 22.2. The Balaban J connectivity index is 0.000000209. The number of rotatable bonds is 12. The Kier molecular flexibility index (Phi) is 20.8. The molecule has 2 aliphatic heterocycles. The first-order valence-corrected chi connectivity index (χ1v) is 28.4. The Morgan fingerprint density at radius 3 is 1.56 bits per heavy atom. The molecule has 25 heteroatoms. The van der Waals surface area contributed by atoms with Gasteiger partial charge in [0.05, 0.1) is 24.2 Å². The van der Waals surface area contributed by atoms with Gasteiger partial charge in [0, 0.05) is 62.8 Å². The summed E-state index contributed by atoms with van der Waals surface area (Å²) in [5, 5.41) is 19.4. The van der Waals surface area contributed by atoms with Gasteiger partial charge in [0.1, 0.15) is 22.8 Å². The van der Waals surface area contributed by atoms with Crippen molar-refractivity contribution in [3.63, 3.8) is 0 Å². The van der Waals surface area contributed by atoms with Crippen molar-refractivity contribution in [2.24, 2.45) is 17.6 Å². The number of anilines is 3. The zero-order valence-electron chi connectivity index (χ0n) is 46.1. The quantitative estimate of drug-likeness (QED) is 0.0831. The van der Waals surface area contributed by atoms with E-state index in [1.165, 1.54) is 23.5 Å². The zero-order chi connectivity index (χ0) is 56.2. The summed E-state index contributed by atoms with van der Waals surface area (Å²) < 4.78 is 14.1. The maximum Gasteiger partial charge on any atom is 0.410 e. The number of thioether (sulfide) groups is 2. The summed E-state index contributed by atoms with van der Waals surface area (Å²) in [5.74, 6) is 1.39. The lowest BCUT2D eigenvalue weighted by molar-refractivity contribution is -0.122. The average molecular weight is 1120 g/mol. The van der Waals surface area contributed by atoms with E-state index in [-0.39, 0.29) is 35.8 Å². The molecule has 22 nitrogen and oxygen atoms in total. The van der Waals surface area contributed by atoms with Crippen molar-refractivity contribution in [2.75, 3.05) is 54.6 Å². The standard InChI is InChI=1S/C26H36N8O3S.C17H26N4O3.C9H11ClN4S/c1-16(2)19-14-29-34-21(19)31-24(38-6)32-23(34)28-13-17-9-10-20(27-12-17)30-22(35)18-8-7-11-33(15-18)25(36)37-26(3,4)5;1-17(2,3)24-16(23)21-8-4-5-13(11-21)15(22)20-14-7-6-12(9-18)10-19-14;1-5(2)6-4-11-14-7(6)12-9(15-3)13-8(14)10/h9-10,12,14,16,18H,7-8,11,13,15H2,1-6H3,(H,27,30,35)(H,28,31,32);6-7,10,13H,4-5,8-9,11,18H2,1-3H3,(H,19,20,22);4-5H,1-3H3. The molecule has 0 aliphatic carbocycles. The lowest BCUT2D eigenvalue weighted by Crippen LogP contribution is -2.45. The van der Waals surface area contributed by atoms with Crippen LogP contribution in [0.3, 0.4) is 0 Å². The van der Waals surface area contributed by atoms with E-state index >= 15 is 0 Å². The van der Waals surface area contributed by atoms with Crippen molar-refractivity contribution < 1.29 is 28.7 Å². The molecule has 2 atom stereocenters. The summed E-state index contributed by atoms with van der Waals surface area (Å²) >= 11 is 8.95. The monoisotopic (exact) mass is 1120 g/mol. The van der Waals surface area contributed by atoms with Crippen LogP contribution in [0.4, 0.5) is 27.2 Å². The van der Waals surface area contributed by atoms with E-state index in [1.54, 1.807) is 49.6 Å². The number of nitrogens with one attached hydrogen (secondary N) is 3. The molecule has 2 unspecified atom stereocenters. The molecule has 0 aromatic carbocycles. The van der Waals surface area contributed by atoms with Gasteiger partial charge in [-0.1, -0.05) is 63.4 Å². The second-order valence-corrected chi connectivity index (χ2v) is 23.0. The van der Waals surface area contributed by atoms with E-state index in [2.05, 4.69) is 83.7 Å². The van der Waals surface area contributed by atoms with Crippen LogP contribution in [0.2, 0.25) is 5.28 Å². The number of hydrogen-bond acceptors (Lipinski definition) is 18. The second-order valence-electron chi connectivity index (χ2n) is 21.2. The molecular formula is C52H73ClN16O6S2. The summed E-state index contributed by atoms with van der Waals surface area (Å²) in [7, 11) is 0. The van der Waals surface area contributed by atoms with E-state index in [0.717, 1.165) is 52.8 Å². The number of nitrogens with two attached hydrogens (primary N) is 1. The van der Waals surface area contributed by atoms with Gasteiger partial charge >= 0.3 is 12.2 Å². The number of likely N-dealkylation sites (tertiary alicyclic amines) is 2. The fourth-order valence-electron chi connectivity index (χ4n) is 8.06. The number of hydrogen-bond donors (Lipinski definition) is 4. The highest BCUT2D eigenvalue weighted by atomic mass is 35.5. The first-order chi connectivity index (χ1) is 36.4. The van der Waals surface area contributed by atoms with Crippen molar-refractivity contribution in [3.05, 3.63) is 76.6 Å². The Hall–Kier alpha value is -6.37. The topological polar surface area (TPSA) is 267 Å². The van der Waals surface area contributed by atoms with Crippen LogP contribution in [0.1, 0.15) is 129 Å². The number of pyridine rings is 2. The number of fused-ring (bicyclic) bond motifs is 2. The average Bonchev–Trinajstić information content (AvgIpc) is 4.04. The third-order valence-corrected chi connectivity index (χ3v) is 13.4. The van der Waals surface area contributed by atoms with E-state index < -0.39 is 11.2 Å². The van der Waals surface area contributed by atoms with Crippen molar-refractivity contribution in [3.8, 4) is 0 Å². The summed E-state index contributed by atoms with van der Waals surface area (Å²) in [4.78, 5) is 79.4. The Morgan fingerprint density at radius 1 is 0.675 bits per heavy atom. The van der Waals surface area contributed by atoms with E-state index in [9.17, 15) is 19.2 Å². The lowest BCUT2D eigenvalue weighted by atomic mass is 9.97. The fraction of sp³-hybridized carbons (Fsp3) is 0.538. The smallest absolute Gasteiger partial charge is 0.410 e. The van der Waals surface area contributed by atoms with Gasteiger partial charge in [-0.25, -0.2) is 29.5 Å². The van der Waals surface area contributed by atoms with Crippen LogP contribution in [0.15, 0.2) is 59.4 Å². The van der Waals surface area contributed by atoms with Gasteiger partial charge in [0.15, 0.2) is 21.6 Å². The number of amides is 4. The molecule has 8 heterocycles. The molecule has 0 bridgehead atoms. The molecule has 4 amide bonds. The molecule has 416 valence electrons. The third-order valence-electron chi connectivity index (χ3n) is 12.0. The van der Waals surface area contributed by atoms with Gasteiger partial charge in [0.25, 0.3) is 0 Å². The molecule has 0 spiro atoms. The minimum atomic E-state index is -0.570. The van der Waals surface area contributed by atoms with Crippen LogP contribution in [-0.2, 0) is 32.2 Å². The number of ether oxygens (including phenoxy) is 2. The minimum absolute atomic E-state index is 0.128. The number of carbonyl (C=O) groups is 4. The number of carbonyl (C=O) groups excluding carboxylic acids is 4. The van der Waals surface area contributed by atoms with Gasteiger partial charge in [-0.15, -0.1) is 0 Å². The normalized spacial score (nSPS) is 15.8. The molecule has 2 aliphatic rings. The Morgan fingerprint density at radius 2 is 1.13 bits per heavy atom. The third kappa shape index (κ3) is 17.1. The van der Waals surface area contributed by atoms with Crippen LogP contribution >= 0.6 is 35.1 Å². The Bertz CT molecular complexity index is 2960. The number of aromatic nitrogens is 10. The molecule has 6 aromatic rings. The highest BCUT2D eigenvalue weighted by Crippen LogP contribution is 2.27. The summed E-state index contributed by atoms with van der Waals surface area (Å²) in [6.07, 6.45) is 13.1. The van der Waals surface area contributed by atoms with Gasteiger partial charge in [-0.05, 0) is 126 Å². The SMILES string of the molecule is CC(C)(C)OC(=O)N1CCCC(C(=O)Nc2ccc(CN)cn2)C1.CSc1nc(Cl)n2ncc(C(C)C)c2n1.CSc1nc(NCc2ccc(NC(=O)C3CCCN(C(=O)OC(C)(C)C)C3)nc2)n2ncc(C(C)C)c2n1. The first kappa shape index (κ1) is 59.9. The number of halogens is 1. The molecule has 6 aromatic heterocycles. The zero-order valence-corrected chi connectivity index (χ0v) is 48.5. The van der Waals surface area contributed by atoms with E-state index in [0.29, 0.717) is 90.7 Å². The van der Waals surface area contributed by atoms with Crippen molar-refractivity contribution >= 4 is 88.0 Å². The molecule has 0 radical (unpaired) electrons. The molecule has 5 N–H and O–H groups in total. The number of nitrogens with zero attached hydrogens (tertiary/aromatic N) is 12. The first-order valence-electron chi connectivity index (χ1n) is 25.6. The molecular weight excluding hydrogens is 1040 g/mol. The van der Waals surface area contributed by atoms with Gasteiger partial charge in [-0.3, -0.25) is 9.59 Å². The maximum absolute atomic E-state index is 12.9. The Labute approximate surface area is 463 Å². The molecule has 8 rings (SSSR count). The van der Waals surface area contributed by atoms with Gasteiger partial charge < -0.3 is 41.0 Å². The van der Waals surface area contributed by atoms with Crippen molar-refractivity contribution in [1.82, 2.24) is 58.9 Å². The van der Waals surface area contributed by atoms with E-state index in [1.807, 2.05) is 72.4 Å². The fourth-order valence-corrected chi connectivity index (χ4v) is 9.02. The largest absolute Gasteiger partial charge is 0.444 e. The van der Waals surface area contributed by atoms with Crippen molar-refractivity contribution in [1.29, 1.82) is 0 Å². The predicted octanol–water partition coefficient (Wildman–Crippen LogP) is 9.31. The summed E-state index contributed by atoms with van der Waals surface area (Å²) in [5.41, 5.74) is 10.0. The predicted molar refractivity (Wildman–Crippen MR) is 300 cm³/mol. The highest BCUT2D eigenvalue weighted by molar-refractivity contribution is 7.98. The second kappa shape index (κ2) is 26.8. The molecule has 2 fully saturated rings. The van der Waals surface area contributed by atoms with Gasteiger partial charge in [-0.2, -0.15) is 29.2 Å². The van der Waals surface area contributed by atoms with Crippen LogP contribution in [0.5, 0.6) is 0 Å². The van der Waals surface area contributed by atoms with Crippen LogP contribution in [0, 0.1) is 11.8 Å². The lowest BCUT2D eigenvalue weighted by Gasteiger charge is -2.33. The van der Waals surface area contributed by atoms with Crippen LogP contribution in [-0.4, -0.2) is 133 Å². The van der Waals surface area contributed by atoms with Crippen molar-refractivity contribution in [2.45, 2.75) is 141 Å². The van der Waals surface area contributed by atoms with Crippen LogP contribution < -0.4 is 21.7 Å². The molecule has 2 saturated heterocycles. The molecule has 77 heavy (non-hydrogen) atoms. The summed E-state index contributed by atoms with van der Waals surface area (Å²) in [6, 6.07) is 7.24. The molecule has 0 saturated carbocycles.